The van der Waals surface area contributed by atoms with E-state index in [1.165, 1.54) is 7.11 Å². The van der Waals surface area contributed by atoms with E-state index in [-0.39, 0.29) is 22.2 Å². The number of ether oxygens (including phenoxy) is 1. The predicted molar refractivity (Wildman–Crippen MR) is 57.3 cm³/mol. The van der Waals surface area contributed by atoms with Gasteiger partial charge in [-0.05, 0) is 27.6 Å². The molecule has 0 saturated carbocycles. The first-order chi connectivity index (χ1) is 7.99. The highest BCUT2D eigenvalue weighted by molar-refractivity contribution is 9.10. The van der Waals surface area contributed by atoms with E-state index < -0.39 is 18.1 Å². The maximum absolute atomic E-state index is 12.5. The molecule has 0 aliphatic carbocycles. The molecule has 0 atom stereocenters. The van der Waals surface area contributed by atoms with Crippen molar-refractivity contribution in [2.45, 2.75) is 12.8 Å². The number of alkyl halides is 2. The Labute approximate surface area is 104 Å². The Bertz CT molecular complexity index is 486. The van der Waals surface area contributed by atoms with Gasteiger partial charge >= 0.3 is 5.97 Å². The number of rotatable bonds is 3. The van der Waals surface area contributed by atoms with E-state index in [9.17, 15) is 13.6 Å². The molecule has 0 spiro atoms. The van der Waals surface area contributed by atoms with Crippen molar-refractivity contribution in [2.24, 2.45) is 0 Å². The van der Waals surface area contributed by atoms with Gasteiger partial charge in [-0.25, -0.2) is 13.8 Å². The molecule has 0 saturated heterocycles. The van der Waals surface area contributed by atoms with Crippen molar-refractivity contribution in [3.8, 4) is 6.07 Å². The number of pyridine rings is 1. The van der Waals surface area contributed by atoms with Crippen LogP contribution in [0.5, 0.6) is 0 Å². The Kier molecular flexibility index (Phi) is 4.52. The van der Waals surface area contributed by atoms with Crippen molar-refractivity contribution < 1.29 is 18.3 Å². The summed E-state index contributed by atoms with van der Waals surface area (Å²) < 4.78 is 29.7. The normalized spacial score (nSPS) is 10.1. The van der Waals surface area contributed by atoms with Crippen molar-refractivity contribution in [3.63, 3.8) is 0 Å². The quantitative estimate of drug-likeness (QED) is 0.804. The Hall–Kier alpha value is -1.55. The summed E-state index contributed by atoms with van der Waals surface area (Å²) in [4.78, 5) is 14.6. The van der Waals surface area contributed by atoms with E-state index in [4.69, 9.17) is 5.26 Å². The summed E-state index contributed by atoms with van der Waals surface area (Å²) in [7, 11) is 1.19. The average Bonchev–Trinajstić information content (AvgIpc) is 2.31. The molecule has 0 aromatic carbocycles. The van der Waals surface area contributed by atoms with E-state index in [1.54, 1.807) is 6.07 Å². The number of nitriles is 1. The molecule has 0 radical (unpaired) electrons. The maximum Gasteiger partial charge on any atom is 0.310 e. The predicted octanol–water partition coefficient (Wildman–Crippen LogP) is 2.37. The van der Waals surface area contributed by atoms with Crippen LogP contribution < -0.4 is 0 Å². The zero-order chi connectivity index (χ0) is 13.0. The topological polar surface area (TPSA) is 63.0 Å². The summed E-state index contributed by atoms with van der Waals surface area (Å²) in [6.45, 7) is 0. The van der Waals surface area contributed by atoms with Crippen LogP contribution in [0.15, 0.2) is 10.5 Å². The average molecular weight is 305 g/mol. The lowest BCUT2D eigenvalue weighted by Gasteiger charge is -2.07. The number of halogens is 3. The monoisotopic (exact) mass is 304 g/mol. The highest BCUT2D eigenvalue weighted by Crippen LogP contribution is 2.26. The molecular weight excluding hydrogens is 298 g/mol. The third-order valence-corrected chi connectivity index (χ3v) is 2.83. The number of carbonyl (C=O) groups is 1. The number of hydrogen-bond donors (Lipinski definition) is 0. The molecule has 0 aliphatic rings. The largest absolute Gasteiger partial charge is 0.469 e. The van der Waals surface area contributed by atoms with Gasteiger partial charge < -0.3 is 4.74 Å². The first-order valence-electron chi connectivity index (χ1n) is 4.44. The maximum atomic E-state index is 12.5. The third-order valence-electron chi connectivity index (χ3n) is 1.94. The summed E-state index contributed by atoms with van der Waals surface area (Å²) >= 11 is 3.04. The number of aromatic nitrogens is 1. The van der Waals surface area contributed by atoms with E-state index in [2.05, 4.69) is 25.7 Å². The molecule has 0 bridgehead atoms. The van der Waals surface area contributed by atoms with Gasteiger partial charge in [-0.2, -0.15) is 5.26 Å². The highest BCUT2D eigenvalue weighted by atomic mass is 79.9. The van der Waals surface area contributed by atoms with Crippen LogP contribution in [0.1, 0.15) is 23.4 Å². The van der Waals surface area contributed by atoms with E-state index in [0.29, 0.717) is 0 Å². The minimum Gasteiger partial charge on any atom is -0.469 e. The number of hydrogen-bond acceptors (Lipinski definition) is 4. The molecule has 0 amide bonds. The lowest BCUT2D eigenvalue weighted by Crippen LogP contribution is -2.07. The Morgan fingerprint density at radius 1 is 1.71 bits per heavy atom. The number of methoxy groups -OCH3 is 1. The zero-order valence-electron chi connectivity index (χ0n) is 8.71. The van der Waals surface area contributed by atoms with Crippen LogP contribution in [0.3, 0.4) is 0 Å². The summed E-state index contributed by atoms with van der Waals surface area (Å²) in [6.07, 6.45) is -3.00. The van der Waals surface area contributed by atoms with Gasteiger partial charge in [0.2, 0.25) is 0 Å². The van der Waals surface area contributed by atoms with Crippen LogP contribution >= 0.6 is 15.9 Å². The SMILES string of the molecule is COC(=O)Cc1cc(C(F)F)nc(C#N)c1Br. The van der Waals surface area contributed by atoms with Crippen LogP contribution in [-0.4, -0.2) is 18.1 Å². The van der Waals surface area contributed by atoms with Crippen LogP contribution in [0.25, 0.3) is 0 Å². The lowest BCUT2D eigenvalue weighted by molar-refractivity contribution is -0.139. The lowest BCUT2D eigenvalue weighted by atomic mass is 10.1. The van der Waals surface area contributed by atoms with Gasteiger partial charge in [-0.3, -0.25) is 4.79 Å². The second-order valence-corrected chi connectivity index (χ2v) is 3.83. The van der Waals surface area contributed by atoms with Gasteiger partial charge in [0, 0.05) is 0 Å². The van der Waals surface area contributed by atoms with Crippen LogP contribution in [-0.2, 0) is 16.0 Å². The molecule has 0 aliphatic heterocycles. The first-order valence-corrected chi connectivity index (χ1v) is 5.23. The smallest absolute Gasteiger partial charge is 0.310 e. The van der Waals surface area contributed by atoms with Crippen LogP contribution in [0, 0.1) is 11.3 Å². The number of nitrogens with zero attached hydrogens (tertiary/aromatic N) is 2. The number of carbonyl (C=O) groups excluding carboxylic acids is 1. The van der Waals surface area contributed by atoms with E-state index >= 15 is 0 Å². The van der Waals surface area contributed by atoms with Gasteiger partial charge in [0.15, 0.2) is 5.69 Å². The Morgan fingerprint density at radius 2 is 2.35 bits per heavy atom. The van der Waals surface area contributed by atoms with Crippen LogP contribution in [0.4, 0.5) is 8.78 Å². The van der Waals surface area contributed by atoms with Crippen molar-refractivity contribution in [1.82, 2.24) is 4.98 Å². The first kappa shape index (κ1) is 13.5. The fourth-order valence-corrected chi connectivity index (χ4v) is 1.58. The Balaban J connectivity index is 3.24. The van der Waals surface area contributed by atoms with Crippen molar-refractivity contribution in [2.75, 3.05) is 7.11 Å². The molecule has 1 aromatic rings. The molecule has 0 fully saturated rings. The van der Waals surface area contributed by atoms with Gasteiger partial charge in [-0.1, -0.05) is 0 Å². The minimum atomic E-state index is -2.80. The highest BCUT2D eigenvalue weighted by Gasteiger charge is 2.17. The number of esters is 1. The summed E-state index contributed by atoms with van der Waals surface area (Å²) in [5.41, 5.74) is -0.468. The molecule has 7 heteroatoms. The van der Waals surface area contributed by atoms with Crippen LogP contribution in [0.2, 0.25) is 0 Å². The second kappa shape index (κ2) is 5.68. The zero-order valence-corrected chi connectivity index (χ0v) is 10.3. The summed E-state index contributed by atoms with van der Waals surface area (Å²) in [6, 6.07) is 2.75. The molecular formula is C10H7BrF2N2O2. The molecule has 90 valence electrons. The molecule has 1 aromatic heterocycles. The van der Waals surface area contributed by atoms with Crippen molar-refractivity contribution in [1.29, 1.82) is 5.26 Å². The third kappa shape index (κ3) is 3.20. The molecule has 17 heavy (non-hydrogen) atoms. The standard InChI is InChI=1S/C10H7BrF2N2O2/c1-17-8(16)3-5-2-6(10(12)13)15-7(4-14)9(5)11/h2,10H,3H2,1H3. The molecule has 4 nitrogen and oxygen atoms in total. The molecule has 1 heterocycles. The molecule has 0 N–H and O–H groups in total. The second-order valence-electron chi connectivity index (χ2n) is 3.03. The van der Waals surface area contributed by atoms with Gasteiger partial charge in [0.25, 0.3) is 6.43 Å². The van der Waals surface area contributed by atoms with Gasteiger partial charge in [0.05, 0.1) is 18.0 Å². The van der Waals surface area contributed by atoms with Gasteiger partial charge in [0.1, 0.15) is 11.8 Å². The van der Waals surface area contributed by atoms with E-state index in [0.717, 1.165) is 6.07 Å². The van der Waals surface area contributed by atoms with E-state index in [1.807, 2.05) is 0 Å². The van der Waals surface area contributed by atoms with Crippen molar-refractivity contribution >= 4 is 21.9 Å². The minimum absolute atomic E-state index is 0.179. The molecule has 0 unspecified atom stereocenters. The molecule has 1 rings (SSSR count). The fourth-order valence-electron chi connectivity index (χ4n) is 1.15. The van der Waals surface area contributed by atoms with Gasteiger partial charge in [-0.15, -0.1) is 0 Å². The Morgan fingerprint density at radius 3 is 2.82 bits per heavy atom. The summed E-state index contributed by atoms with van der Waals surface area (Å²) in [5, 5.41) is 8.74. The summed E-state index contributed by atoms with van der Waals surface area (Å²) in [5.74, 6) is -0.582. The fraction of sp³-hybridized carbons (Fsp3) is 0.300. The van der Waals surface area contributed by atoms with Crippen molar-refractivity contribution in [3.05, 3.63) is 27.5 Å².